The molecule has 0 aliphatic carbocycles. The van der Waals surface area contributed by atoms with Crippen LogP contribution < -0.4 is 15.5 Å². The Morgan fingerprint density at radius 3 is 2.50 bits per heavy atom. The molecule has 0 atom stereocenters. The molecule has 2 N–H and O–H groups in total. The third-order valence-corrected chi connectivity index (χ3v) is 4.70. The van der Waals surface area contributed by atoms with Crippen molar-refractivity contribution in [2.24, 2.45) is 0 Å². The molecular weight excluding hydrogens is 354 g/mol. The highest BCUT2D eigenvalue weighted by Crippen LogP contribution is 2.24. The van der Waals surface area contributed by atoms with Gasteiger partial charge in [-0.15, -0.1) is 0 Å². The molecule has 1 heterocycles. The third-order valence-electron chi connectivity index (χ3n) is 4.70. The molecule has 0 spiro atoms. The summed E-state index contributed by atoms with van der Waals surface area (Å²) in [7, 11) is 0. The van der Waals surface area contributed by atoms with Gasteiger partial charge in [0.05, 0.1) is 12.1 Å². The summed E-state index contributed by atoms with van der Waals surface area (Å²) >= 11 is 0. The molecule has 0 saturated carbocycles. The van der Waals surface area contributed by atoms with Crippen molar-refractivity contribution < 1.29 is 14.3 Å². The van der Waals surface area contributed by atoms with Gasteiger partial charge in [0, 0.05) is 11.4 Å². The fraction of sp³-hybridized carbons (Fsp3) is 0.273. The molecule has 6 heteroatoms. The van der Waals surface area contributed by atoms with Gasteiger partial charge in [0.2, 0.25) is 0 Å². The molecule has 1 saturated heterocycles. The molecule has 3 rings (SSSR count). The van der Waals surface area contributed by atoms with Crippen LogP contribution in [0.5, 0.6) is 0 Å². The zero-order chi connectivity index (χ0) is 20.3. The van der Waals surface area contributed by atoms with E-state index in [9.17, 15) is 9.59 Å². The first-order valence-electron chi connectivity index (χ1n) is 9.16. The van der Waals surface area contributed by atoms with Crippen LogP contribution in [0.2, 0.25) is 0 Å². The highest BCUT2D eigenvalue weighted by atomic mass is 16.6. The largest absolute Gasteiger partial charge is 0.447 e. The van der Waals surface area contributed by atoms with Gasteiger partial charge in [0.1, 0.15) is 6.61 Å². The summed E-state index contributed by atoms with van der Waals surface area (Å²) in [6.07, 6.45) is -0.350. The molecule has 0 unspecified atom stereocenters. The Bertz CT molecular complexity index is 903. The van der Waals surface area contributed by atoms with E-state index in [1.807, 2.05) is 45.0 Å². The lowest BCUT2D eigenvalue weighted by molar-refractivity contribution is 0.181. The molecule has 6 nitrogen and oxygen atoms in total. The third kappa shape index (κ3) is 4.34. The standard InChI is InChI=1S/C22H25N3O3/c1-15(2)16-6-5-7-17(14-16)22(3,4)24-20(26)23-18-8-10-19(11-9-18)25-12-13-28-21(25)27/h5-11,14H,1,12-13H2,2-4H3,(H2,23,24,26). The van der Waals surface area contributed by atoms with Gasteiger partial charge in [-0.1, -0.05) is 30.4 Å². The maximum atomic E-state index is 12.5. The number of carbonyl (C=O) groups is 2. The van der Waals surface area contributed by atoms with Gasteiger partial charge in [-0.2, -0.15) is 0 Å². The second kappa shape index (κ2) is 7.76. The van der Waals surface area contributed by atoms with Gasteiger partial charge in [0.25, 0.3) is 0 Å². The maximum Gasteiger partial charge on any atom is 0.414 e. The van der Waals surface area contributed by atoms with E-state index >= 15 is 0 Å². The van der Waals surface area contributed by atoms with Crippen LogP contribution >= 0.6 is 0 Å². The highest BCUT2D eigenvalue weighted by molar-refractivity contribution is 5.92. The smallest absolute Gasteiger partial charge is 0.414 e. The van der Waals surface area contributed by atoms with E-state index in [2.05, 4.69) is 17.2 Å². The number of allylic oxidation sites excluding steroid dienone is 1. The average molecular weight is 379 g/mol. The van der Waals surface area contributed by atoms with Crippen molar-refractivity contribution in [1.82, 2.24) is 5.32 Å². The first-order chi connectivity index (χ1) is 13.3. The predicted octanol–water partition coefficient (Wildman–Crippen LogP) is 4.73. The Kier molecular flexibility index (Phi) is 5.40. The van der Waals surface area contributed by atoms with Crippen molar-refractivity contribution in [3.05, 3.63) is 66.2 Å². The summed E-state index contributed by atoms with van der Waals surface area (Å²) in [6.45, 7) is 10.8. The van der Waals surface area contributed by atoms with Crippen molar-refractivity contribution >= 4 is 29.1 Å². The maximum absolute atomic E-state index is 12.5. The fourth-order valence-electron chi connectivity index (χ4n) is 3.04. The number of nitrogens with zero attached hydrogens (tertiary/aromatic N) is 1. The fourth-order valence-corrected chi connectivity index (χ4v) is 3.04. The number of amides is 3. The quantitative estimate of drug-likeness (QED) is 0.789. The number of anilines is 2. The molecule has 146 valence electrons. The topological polar surface area (TPSA) is 70.7 Å². The van der Waals surface area contributed by atoms with Crippen molar-refractivity contribution in [3.8, 4) is 0 Å². The van der Waals surface area contributed by atoms with Crippen LogP contribution in [0.4, 0.5) is 21.0 Å². The number of hydrogen-bond acceptors (Lipinski definition) is 3. The monoisotopic (exact) mass is 379 g/mol. The normalized spacial score (nSPS) is 13.8. The molecule has 0 bridgehead atoms. The number of benzene rings is 2. The lowest BCUT2D eigenvalue weighted by Gasteiger charge is -2.27. The van der Waals surface area contributed by atoms with Crippen molar-refractivity contribution in [2.45, 2.75) is 26.3 Å². The Hall–Kier alpha value is -3.28. The van der Waals surface area contributed by atoms with Gasteiger partial charge in [-0.25, -0.2) is 9.59 Å². The molecular formula is C22H25N3O3. The number of cyclic esters (lactones) is 1. The summed E-state index contributed by atoms with van der Waals surface area (Å²) in [5, 5.41) is 5.83. The van der Waals surface area contributed by atoms with Crippen LogP contribution in [0.1, 0.15) is 31.9 Å². The molecule has 2 aromatic carbocycles. The van der Waals surface area contributed by atoms with Gasteiger partial charge in [0.15, 0.2) is 0 Å². The number of rotatable bonds is 5. The highest BCUT2D eigenvalue weighted by Gasteiger charge is 2.24. The van der Waals surface area contributed by atoms with Gasteiger partial charge in [-0.05, 0) is 62.2 Å². The molecule has 1 aliphatic rings. The minimum absolute atomic E-state index is 0.306. The Morgan fingerprint density at radius 1 is 1.18 bits per heavy atom. The number of hydrogen-bond donors (Lipinski definition) is 2. The second-order valence-electron chi connectivity index (χ2n) is 7.38. The summed E-state index contributed by atoms with van der Waals surface area (Å²) in [5.74, 6) is 0. The molecule has 0 aromatic heterocycles. The van der Waals surface area contributed by atoms with Crippen LogP contribution in [-0.2, 0) is 10.3 Å². The first-order valence-corrected chi connectivity index (χ1v) is 9.16. The van der Waals surface area contributed by atoms with Crippen LogP contribution in [0.25, 0.3) is 5.57 Å². The van der Waals surface area contributed by atoms with Crippen molar-refractivity contribution in [3.63, 3.8) is 0 Å². The van der Waals surface area contributed by atoms with Gasteiger partial charge < -0.3 is 15.4 Å². The minimum Gasteiger partial charge on any atom is -0.447 e. The van der Waals surface area contributed by atoms with Crippen LogP contribution in [0.3, 0.4) is 0 Å². The van der Waals surface area contributed by atoms with E-state index in [1.54, 1.807) is 29.2 Å². The molecule has 3 amide bonds. The molecule has 28 heavy (non-hydrogen) atoms. The lowest BCUT2D eigenvalue weighted by Crippen LogP contribution is -2.43. The number of urea groups is 1. The van der Waals surface area contributed by atoms with E-state index in [0.29, 0.717) is 18.8 Å². The average Bonchev–Trinajstić information content (AvgIpc) is 3.08. The zero-order valence-electron chi connectivity index (χ0n) is 16.4. The molecule has 1 fully saturated rings. The number of nitrogens with one attached hydrogen (secondary N) is 2. The Morgan fingerprint density at radius 2 is 1.89 bits per heavy atom. The van der Waals surface area contributed by atoms with Gasteiger partial charge >= 0.3 is 12.1 Å². The summed E-state index contributed by atoms with van der Waals surface area (Å²) in [5.41, 5.74) is 3.83. The van der Waals surface area contributed by atoms with Crippen LogP contribution in [0, 0.1) is 0 Å². The van der Waals surface area contributed by atoms with Crippen molar-refractivity contribution in [1.29, 1.82) is 0 Å². The van der Waals surface area contributed by atoms with Crippen molar-refractivity contribution in [2.75, 3.05) is 23.4 Å². The van der Waals surface area contributed by atoms with E-state index in [1.165, 1.54) is 0 Å². The van der Waals surface area contributed by atoms with E-state index in [-0.39, 0.29) is 12.1 Å². The van der Waals surface area contributed by atoms with Crippen LogP contribution in [-0.4, -0.2) is 25.3 Å². The Labute approximate surface area is 165 Å². The van der Waals surface area contributed by atoms with Crippen LogP contribution in [0.15, 0.2) is 55.1 Å². The summed E-state index contributed by atoms with van der Waals surface area (Å²) in [6, 6.07) is 14.8. The van der Waals surface area contributed by atoms with Gasteiger partial charge in [-0.3, -0.25) is 4.90 Å². The minimum atomic E-state index is -0.561. The van der Waals surface area contributed by atoms with E-state index in [4.69, 9.17) is 4.74 Å². The summed E-state index contributed by atoms with van der Waals surface area (Å²) in [4.78, 5) is 25.7. The number of carbonyl (C=O) groups excluding carboxylic acids is 2. The van der Waals surface area contributed by atoms with E-state index < -0.39 is 5.54 Å². The second-order valence-corrected chi connectivity index (χ2v) is 7.38. The summed E-state index contributed by atoms with van der Waals surface area (Å²) < 4.78 is 4.94. The zero-order valence-corrected chi connectivity index (χ0v) is 16.4. The first kappa shape index (κ1) is 19.5. The predicted molar refractivity (Wildman–Crippen MR) is 111 cm³/mol. The molecule has 2 aromatic rings. The molecule has 0 radical (unpaired) electrons. The Balaban J connectivity index is 1.65. The molecule has 1 aliphatic heterocycles. The SMILES string of the molecule is C=C(C)c1cccc(C(C)(C)NC(=O)Nc2ccc(N3CCOC3=O)cc2)c1. The van der Waals surface area contributed by atoms with E-state index in [0.717, 1.165) is 22.4 Å². The lowest BCUT2D eigenvalue weighted by atomic mass is 9.92. The number of ether oxygens (including phenoxy) is 1.